The van der Waals surface area contributed by atoms with Crippen LogP contribution >= 0.6 is 0 Å². The van der Waals surface area contributed by atoms with Crippen LogP contribution in [0.5, 0.6) is 0 Å². The van der Waals surface area contributed by atoms with Gasteiger partial charge in [0, 0.05) is 30.6 Å². The molecule has 0 saturated carbocycles. The number of likely N-dealkylation sites (tertiary alicyclic amines) is 1. The first-order valence-electron chi connectivity index (χ1n) is 6.32. The molecule has 1 unspecified atom stereocenters. The van der Waals surface area contributed by atoms with Crippen LogP contribution in [-0.2, 0) is 4.79 Å². The lowest BCUT2D eigenvalue weighted by Gasteiger charge is -2.28. The van der Waals surface area contributed by atoms with E-state index in [4.69, 9.17) is 11.3 Å². The number of hydrogen-bond acceptors (Lipinski definition) is 4. The smallest absolute Gasteiger partial charge is 0.239 e. The summed E-state index contributed by atoms with van der Waals surface area (Å²) in [5, 5.41) is 6.70. The second kappa shape index (κ2) is 6.58. The fraction of sp³-hybridized carbons (Fsp3) is 0.909. The predicted molar refractivity (Wildman–Crippen MR) is 69.9 cm³/mol. The van der Waals surface area contributed by atoms with Crippen LogP contribution in [0.4, 0.5) is 0 Å². The molecule has 1 atom stereocenters. The Morgan fingerprint density at radius 3 is 2.89 bits per heavy atom. The summed E-state index contributed by atoms with van der Waals surface area (Å²) in [5.74, 6) is -0.297. The summed E-state index contributed by atoms with van der Waals surface area (Å²) in [6.07, 6.45) is 1.45. The van der Waals surface area contributed by atoms with E-state index in [0.717, 1.165) is 13.0 Å². The molecule has 7 heteroatoms. The molecule has 102 valence electrons. The summed E-state index contributed by atoms with van der Waals surface area (Å²) in [4.78, 5) is 16.6. The molecule has 0 bridgehead atoms. The molecule has 0 aromatic heterocycles. The van der Waals surface area contributed by atoms with Gasteiger partial charge in [0.2, 0.25) is 5.91 Å². The number of amides is 1. The van der Waals surface area contributed by atoms with Crippen molar-refractivity contribution in [2.45, 2.75) is 38.3 Å². The van der Waals surface area contributed by atoms with Crippen molar-refractivity contribution < 1.29 is 4.79 Å². The van der Waals surface area contributed by atoms with Crippen LogP contribution in [-0.4, -0.2) is 48.6 Å². The van der Waals surface area contributed by atoms with E-state index in [9.17, 15) is 4.79 Å². The van der Waals surface area contributed by atoms with Crippen LogP contribution in [0, 0.1) is 0 Å². The highest BCUT2D eigenvalue weighted by Crippen LogP contribution is 2.22. The molecule has 7 nitrogen and oxygen atoms in total. The molecule has 1 heterocycles. The number of nitrogens with two attached hydrogens (primary N) is 1. The molecule has 0 radical (unpaired) electrons. The van der Waals surface area contributed by atoms with Gasteiger partial charge >= 0.3 is 0 Å². The maximum atomic E-state index is 11.7. The second-order valence-electron chi connectivity index (χ2n) is 5.00. The molecule has 1 saturated heterocycles. The Morgan fingerprint density at radius 1 is 1.67 bits per heavy atom. The Bertz CT molecular complexity index is 338. The minimum atomic E-state index is -0.624. The zero-order chi connectivity index (χ0) is 13.6. The molecule has 18 heavy (non-hydrogen) atoms. The van der Waals surface area contributed by atoms with E-state index in [1.807, 2.05) is 0 Å². The van der Waals surface area contributed by atoms with E-state index in [0.29, 0.717) is 32.1 Å². The van der Waals surface area contributed by atoms with E-state index in [2.05, 4.69) is 34.1 Å². The number of nitrogens with zero attached hydrogens (tertiary/aromatic N) is 4. The van der Waals surface area contributed by atoms with Crippen LogP contribution in [0.1, 0.15) is 26.7 Å². The number of rotatable bonds is 7. The molecule has 1 rings (SSSR count). The van der Waals surface area contributed by atoms with E-state index in [1.165, 1.54) is 0 Å². The summed E-state index contributed by atoms with van der Waals surface area (Å²) in [5.41, 5.74) is 13.1. The third-order valence-electron chi connectivity index (χ3n) is 3.46. The van der Waals surface area contributed by atoms with Crippen LogP contribution < -0.4 is 11.1 Å². The Morgan fingerprint density at radius 2 is 2.39 bits per heavy atom. The standard InChI is InChI=1S/C11H22N6O/c1-9(2)17-7-4-11(8-17,10(12)18)14-5-3-6-15-16-13/h9,14H,3-8H2,1-2H3,(H2,12,18). The molecular weight excluding hydrogens is 232 g/mol. The normalized spacial score (nSPS) is 24.2. The summed E-state index contributed by atoms with van der Waals surface area (Å²) in [7, 11) is 0. The topological polar surface area (TPSA) is 107 Å². The van der Waals surface area contributed by atoms with Crippen LogP contribution in [0.25, 0.3) is 10.4 Å². The third-order valence-corrected chi connectivity index (χ3v) is 3.46. The molecule has 3 N–H and O–H groups in total. The Labute approximate surface area is 107 Å². The number of primary amides is 1. The van der Waals surface area contributed by atoms with E-state index < -0.39 is 5.54 Å². The Hall–Kier alpha value is -1.30. The maximum Gasteiger partial charge on any atom is 0.239 e. The summed E-state index contributed by atoms with van der Waals surface area (Å²) < 4.78 is 0. The van der Waals surface area contributed by atoms with Crippen molar-refractivity contribution in [1.82, 2.24) is 10.2 Å². The lowest BCUT2D eigenvalue weighted by atomic mass is 9.97. The fourth-order valence-electron chi connectivity index (χ4n) is 2.23. The summed E-state index contributed by atoms with van der Waals surface area (Å²) in [6.45, 7) is 6.82. The zero-order valence-corrected chi connectivity index (χ0v) is 11.1. The van der Waals surface area contributed by atoms with Crippen molar-refractivity contribution >= 4 is 5.91 Å². The number of hydrogen-bond donors (Lipinski definition) is 2. The molecule has 1 aliphatic heterocycles. The van der Waals surface area contributed by atoms with Gasteiger partial charge in [-0.1, -0.05) is 5.11 Å². The molecule has 0 aromatic rings. The van der Waals surface area contributed by atoms with Crippen LogP contribution in [0.2, 0.25) is 0 Å². The number of carbonyl (C=O) groups is 1. The van der Waals surface area contributed by atoms with Crippen LogP contribution in [0.3, 0.4) is 0 Å². The van der Waals surface area contributed by atoms with E-state index >= 15 is 0 Å². The van der Waals surface area contributed by atoms with Gasteiger partial charge in [0.1, 0.15) is 5.54 Å². The minimum Gasteiger partial charge on any atom is -0.368 e. The number of azide groups is 1. The van der Waals surface area contributed by atoms with Crippen molar-refractivity contribution in [1.29, 1.82) is 0 Å². The number of nitrogens with one attached hydrogen (secondary N) is 1. The SMILES string of the molecule is CC(C)N1CCC(NCCCN=[N+]=[N-])(C(N)=O)C1. The molecule has 1 aliphatic rings. The largest absolute Gasteiger partial charge is 0.368 e. The quantitative estimate of drug-likeness (QED) is 0.301. The Kier molecular flexibility index (Phi) is 5.40. The molecular formula is C11H22N6O. The molecule has 1 amide bonds. The van der Waals surface area contributed by atoms with Crippen LogP contribution in [0.15, 0.2) is 5.11 Å². The van der Waals surface area contributed by atoms with E-state index in [1.54, 1.807) is 0 Å². The molecule has 0 spiro atoms. The van der Waals surface area contributed by atoms with Gasteiger partial charge in [-0.25, -0.2) is 0 Å². The predicted octanol–water partition coefficient (Wildman–Crippen LogP) is 0.615. The maximum absolute atomic E-state index is 11.7. The van der Waals surface area contributed by atoms with Gasteiger partial charge in [0.05, 0.1) is 0 Å². The highest BCUT2D eigenvalue weighted by atomic mass is 16.1. The lowest BCUT2D eigenvalue weighted by molar-refractivity contribution is -0.124. The lowest BCUT2D eigenvalue weighted by Crippen LogP contribution is -2.57. The Balaban J connectivity index is 2.50. The van der Waals surface area contributed by atoms with Crippen molar-refractivity contribution in [3.63, 3.8) is 0 Å². The highest BCUT2D eigenvalue weighted by molar-refractivity contribution is 5.85. The summed E-state index contributed by atoms with van der Waals surface area (Å²) >= 11 is 0. The molecule has 0 aliphatic carbocycles. The third kappa shape index (κ3) is 3.60. The van der Waals surface area contributed by atoms with Crippen molar-refractivity contribution in [3.05, 3.63) is 10.4 Å². The molecule has 1 fully saturated rings. The van der Waals surface area contributed by atoms with Gasteiger partial charge in [-0.05, 0) is 38.8 Å². The first-order valence-corrected chi connectivity index (χ1v) is 6.32. The first-order chi connectivity index (χ1) is 8.52. The van der Waals surface area contributed by atoms with E-state index in [-0.39, 0.29) is 5.91 Å². The van der Waals surface area contributed by atoms with Gasteiger partial charge in [-0.15, -0.1) is 0 Å². The average molecular weight is 254 g/mol. The second-order valence-corrected chi connectivity index (χ2v) is 5.00. The molecule has 0 aromatic carbocycles. The van der Waals surface area contributed by atoms with Gasteiger partial charge in [-0.2, -0.15) is 0 Å². The van der Waals surface area contributed by atoms with Crippen molar-refractivity contribution in [2.75, 3.05) is 26.2 Å². The first kappa shape index (κ1) is 14.8. The van der Waals surface area contributed by atoms with Crippen molar-refractivity contribution in [3.8, 4) is 0 Å². The summed E-state index contributed by atoms with van der Waals surface area (Å²) in [6, 6.07) is 0.413. The fourth-order valence-corrected chi connectivity index (χ4v) is 2.23. The zero-order valence-electron chi connectivity index (χ0n) is 11.1. The number of carbonyl (C=O) groups excluding carboxylic acids is 1. The van der Waals surface area contributed by atoms with Gasteiger partial charge in [-0.3, -0.25) is 9.69 Å². The minimum absolute atomic E-state index is 0.297. The highest BCUT2D eigenvalue weighted by Gasteiger charge is 2.43. The van der Waals surface area contributed by atoms with Gasteiger partial charge in [0.15, 0.2) is 0 Å². The van der Waals surface area contributed by atoms with Gasteiger partial charge in [0.25, 0.3) is 0 Å². The van der Waals surface area contributed by atoms with Gasteiger partial charge < -0.3 is 11.1 Å². The average Bonchev–Trinajstić information content (AvgIpc) is 2.75. The monoisotopic (exact) mass is 254 g/mol. The van der Waals surface area contributed by atoms with Crippen molar-refractivity contribution in [2.24, 2.45) is 10.8 Å².